The molecule has 3 nitrogen and oxygen atoms in total. The molecule has 0 N–H and O–H groups in total. The molecule has 2 heterocycles. The van der Waals surface area contributed by atoms with Gasteiger partial charge < -0.3 is 9.47 Å². The quantitative estimate of drug-likeness (QED) is 0.790. The third-order valence-corrected chi connectivity index (χ3v) is 4.71. The maximum Gasteiger partial charge on any atom is 0.142 e. The second kappa shape index (κ2) is 5.90. The van der Waals surface area contributed by atoms with Crippen LogP contribution in [0.1, 0.15) is 49.9 Å². The topological polar surface area (TPSA) is 31.4 Å². The van der Waals surface area contributed by atoms with E-state index in [1.165, 1.54) is 25.7 Å². The number of halogens is 1. The molecule has 4 heteroatoms. The SMILES string of the molecule is Cc1ccc(OC2CCOC3(CCCC3)C2)c(CCl)n1. The van der Waals surface area contributed by atoms with Crippen molar-refractivity contribution in [2.24, 2.45) is 0 Å². The first-order valence-electron chi connectivity index (χ1n) is 7.54. The smallest absolute Gasteiger partial charge is 0.142 e. The van der Waals surface area contributed by atoms with Crippen LogP contribution >= 0.6 is 11.6 Å². The first-order valence-corrected chi connectivity index (χ1v) is 8.07. The van der Waals surface area contributed by atoms with Gasteiger partial charge in [-0.25, -0.2) is 0 Å². The predicted octanol–water partition coefficient (Wildman–Crippen LogP) is 4.00. The number of ether oxygens (including phenoxy) is 2. The predicted molar refractivity (Wildman–Crippen MR) is 79.3 cm³/mol. The highest BCUT2D eigenvalue weighted by molar-refractivity contribution is 6.17. The summed E-state index contributed by atoms with van der Waals surface area (Å²) in [5.41, 5.74) is 1.91. The molecule has 1 aromatic rings. The zero-order valence-corrected chi connectivity index (χ0v) is 12.8. The van der Waals surface area contributed by atoms with Gasteiger partial charge in [0.1, 0.15) is 11.9 Å². The first kappa shape index (κ1) is 14.2. The van der Waals surface area contributed by atoms with Crippen LogP contribution in [0.2, 0.25) is 0 Å². The summed E-state index contributed by atoms with van der Waals surface area (Å²) in [5.74, 6) is 1.23. The molecular formula is C16H22ClNO2. The van der Waals surface area contributed by atoms with Gasteiger partial charge in [0.2, 0.25) is 0 Å². The molecule has 0 bridgehead atoms. The first-order chi connectivity index (χ1) is 9.71. The number of aromatic nitrogens is 1. The van der Waals surface area contributed by atoms with Crippen molar-refractivity contribution >= 4 is 11.6 Å². The molecule has 1 unspecified atom stereocenters. The molecule has 0 amide bonds. The largest absolute Gasteiger partial charge is 0.488 e. The van der Waals surface area contributed by atoms with Gasteiger partial charge in [-0.3, -0.25) is 4.98 Å². The second-order valence-corrected chi connectivity index (χ2v) is 6.27. The standard InChI is InChI=1S/C16H22ClNO2/c1-12-4-5-15(14(11-17)18-12)20-13-6-9-19-16(10-13)7-2-3-8-16/h4-5,13H,2-3,6-11H2,1H3. The molecule has 1 atom stereocenters. The van der Waals surface area contributed by atoms with Gasteiger partial charge in [-0.05, 0) is 31.9 Å². The Morgan fingerprint density at radius 1 is 1.40 bits per heavy atom. The van der Waals surface area contributed by atoms with Crippen LogP contribution in [0.15, 0.2) is 12.1 Å². The lowest BCUT2D eigenvalue weighted by atomic mass is 9.90. The Morgan fingerprint density at radius 3 is 2.95 bits per heavy atom. The minimum atomic E-state index is 0.0855. The van der Waals surface area contributed by atoms with Crippen molar-refractivity contribution in [1.29, 1.82) is 0 Å². The van der Waals surface area contributed by atoms with Gasteiger partial charge in [0.05, 0.1) is 23.8 Å². The van der Waals surface area contributed by atoms with Crippen molar-refractivity contribution in [2.75, 3.05) is 6.61 Å². The molecule has 1 aliphatic carbocycles. The summed E-state index contributed by atoms with van der Waals surface area (Å²) < 4.78 is 12.2. The number of rotatable bonds is 3. The number of alkyl halides is 1. The normalized spacial score (nSPS) is 25.0. The number of pyridine rings is 1. The van der Waals surface area contributed by atoms with Gasteiger partial charge in [-0.2, -0.15) is 0 Å². The van der Waals surface area contributed by atoms with Crippen LogP contribution in [-0.4, -0.2) is 23.3 Å². The molecule has 2 fully saturated rings. The highest BCUT2D eigenvalue weighted by Crippen LogP contribution is 2.41. The number of hydrogen-bond acceptors (Lipinski definition) is 3. The molecule has 20 heavy (non-hydrogen) atoms. The molecule has 0 aromatic carbocycles. The van der Waals surface area contributed by atoms with Crippen LogP contribution in [0.4, 0.5) is 0 Å². The Balaban J connectivity index is 1.71. The van der Waals surface area contributed by atoms with Crippen molar-refractivity contribution in [1.82, 2.24) is 4.98 Å². The van der Waals surface area contributed by atoms with Crippen molar-refractivity contribution in [3.63, 3.8) is 0 Å². The molecule has 2 aliphatic rings. The van der Waals surface area contributed by atoms with E-state index in [0.29, 0.717) is 5.88 Å². The van der Waals surface area contributed by atoms with E-state index in [2.05, 4.69) is 4.98 Å². The van der Waals surface area contributed by atoms with Crippen LogP contribution in [0.3, 0.4) is 0 Å². The average molecular weight is 296 g/mol. The molecular weight excluding hydrogens is 274 g/mol. The van der Waals surface area contributed by atoms with E-state index < -0.39 is 0 Å². The third-order valence-electron chi connectivity index (χ3n) is 4.45. The molecule has 0 radical (unpaired) electrons. The second-order valence-electron chi connectivity index (χ2n) is 6.00. The lowest BCUT2D eigenvalue weighted by Crippen LogP contribution is -2.41. The fourth-order valence-electron chi connectivity index (χ4n) is 3.43. The van der Waals surface area contributed by atoms with Gasteiger partial charge in [-0.1, -0.05) is 12.8 Å². The summed E-state index contributed by atoms with van der Waals surface area (Å²) in [4.78, 5) is 4.46. The van der Waals surface area contributed by atoms with Crippen LogP contribution in [0.5, 0.6) is 5.75 Å². The van der Waals surface area contributed by atoms with Crippen molar-refractivity contribution in [2.45, 2.75) is 63.0 Å². The highest BCUT2D eigenvalue weighted by atomic mass is 35.5. The van der Waals surface area contributed by atoms with E-state index in [9.17, 15) is 0 Å². The Labute approximate surface area is 125 Å². The van der Waals surface area contributed by atoms with Crippen molar-refractivity contribution in [3.05, 3.63) is 23.5 Å². The van der Waals surface area contributed by atoms with Crippen LogP contribution < -0.4 is 4.74 Å². The maximum absolute atomic E-state index is 6.19. The summed E-state index contributed by atoms with van der Waals surface area (Å²) in [6.45, 7) is 2.78. The Morgan fingerprint density at radius 2 is 2.20 bits per heavy atom. The summed E-state index contributed by atoms with van der Waals surface area (Å²) in [7, 11) is 0. The van der Waals surface area contributed by atoms with Gasteiger partial charge >= 0.3 is 0 Å². The zero-order valence-electron chi connectivity index (χ0n) is 12.0. The van der Waals surface area contributed by atoms with Gasteiger partial charge in [0, 0.05) is 18.5 Å². The average Bonchev–Trinajstić information content (AvgIpc) is 2.89. The molecule has 3 rings (SSSR count). The van der Waals surface area contributed by atoms with Crippen LogP contribution in [-0.2, 0) is 10.6 Å². The van der Waals surface area contributed by atoms with E-state index in [1.807, 2.05) is 19.1 Å². The summed E-state index contributed by atoms with van der Waals surface area (Å²) in [6.07, 6.45) is 7.12. The zero-order chi connectivity index (χ0) is 14.0. The number of hydrogen-bond donors (Lipinski definition) is 0. The molecule has 1 aliphatic heterocycles. The minimum Gasteiger partial charge on any atom is -0.488 e. The van der Waals surface area contributed by atoms with E-state index in [4.69, 9.17) is 21.1 Å². The monoisotopic (exact) mass is 295 g/mol. The summed E-state index contributed by atoms with van der Waals surface area (Å²) in [5, 5.41) is 0. The van der Waals surface area contributed by atoms with E-state index >= 15 is 0 Å². The van der Waals surface area contributed by atoms with Crippen LogP contribution in [0.25, 0.3) is 0 Å². The fourth-order valence-corrected chi connectivity index (χ4v) is 3.62. The van der Waals surface area contributed by atoms with E-state index in [1.54, 1.807) is 0 Å². The summed E-state index contributed by atoms with van der Waals surface area (Å²) in [6, 6.07) is 3.98. The van der Waals surface area contributed by atoms with Gasteiger partial charge in [0.15, 0.2) is 0 Å². The molecule has 1 saturated carbocycles. The van der Waals surface area contributed by atoms with Crippen molar-refractivity contribution < 1.29 is 9.47 Å². The third kappa shape index (κ3) is 2.94. The summed E-state index contributed by atoms with van der Waals surface area (Å²) >= 11 is 5.98. The molecule has 1 saturated heterocycles. The van der Waals surface area contributed by atoms with Gasteiger partial charge in [-0.15, -0.1) is 11.6 Å². The highest BCUT2D eigenvalue weighted by Gasteiger charge is 2.40. The van der Waals surface area contributed by atoms with E-state index in [0.717, 1.165) is 36.6 Å². The van der Waals surface area contributed by atoms with E-state index in [-0.39, 0.29) is 11.7 Å². The Hall–Kier alpha value is -0.800. The van der Waals surface area contributed by atoms with Gasteiger partial charge in [0.25, 0.3) is 0 Å². The van der Waals surface area contributed by atoms with Crippen molar-refractivity contribution in [3.8, 4) is 5.75 Å². The van der Waals surface area contributed by atoms with Crippen LogP contribution in [0, 0.1) is 6.92 Å². The lowest BCUT2D eigenvalue weighted by Gasteiger charge is -2.38. The molecule has 1 aromatic heterocycles. The minimum absolute atomic E-state index is 0.0855. The Kier molecular flexibility index (Phi) is 4.18. The number of nitrogens with zero attached hydrogens (tertiary/aromatic N) is 1. The molecule has 110 valence electrons. The number of aryl methyl sites for hydroxylation is 1. The Bertz CT molecular complexity index is 472. The molecule has 1 spiro atoms. The fraction of sp³-hybridized carbons (Fsp3) is 0.688. The lowest BCUT2D eigenvalue weighted by molar-refractivity contribution is -0.108. The maximum atomic E-state index is 6.19.